The zero-order chi connectivity index (χ0) is 23.9. The minimum Gasteiger partial charge on any atom is -0.351 e. The number of hydrogen-bond donors (Lipinski definition) is 3. The van der Waals surface area contributed by atoms with Crippen molar-refractivity contribution in [3.8, 4) is 0 Å². The first kappa shape index (κ1) is 25.5. The maximum absolute atomic E-state index is 12.6. The number of sulfonamides is 1. The second-order valence-electron chi connectivity index (χ2n) is 8.04. The van der Waals surface area contributed by atoms with E-state index in [9.17, 15) is 18.0 Å². The molecule has 0 radical (unpaired) electrons. The van der Waals surface area contributed by atoms with Crippen LogP contribution in [0.25, 0.3) is 0 Å². The van der Waals surface area contributed by atoms with Gasteiger partial charge >= 0.3 is 0 Å². The standard InChI is InChI=1S/C23H32N4O4S/c1-16(2)27(5)15-20-9-7-6-8-19(20)14-24-23(29)17(3)26-32(30,31)22-12-10-21(11-13-22)25-18(4)28/h6-13,16-17,26H,14-15H2,1-5H3,(H,24,29)(H,25,28)/t17-/m0/s1. The highest BCUT2D eigenvalue weighted by molar-refractivity contribution is 7.89. The molecule has 2 aromatic carbocycles. The van der Waals surface area contributed by atoms with Crippen molar-refractivity contribution in [2.75, 3.05) is 12.4 Å². The molecule has 0 aliphatic heterocycles. The van der Waals surface area contributed by atoms with E-state index in [0.717, 1.165) is 17.7 Å². The third-order valence-electron chi connectivity index (χ3n) is 5.08. The van der Waals surface area contributed by atoms with Crippen LogP contribution in [0.2, 0.25) is 0 Å². The summed E-state index contributed by atoms with van der Waals surface area (Å²) >= 11 is 0. The van der Waals surface area contributed by atoms with E-state index in [1.165, 1.54) is 38.1 Å². The van der Waals surface area contributed by atoms with Gasteiger partial charge in [0.1, 0.15) is 0 Å². The summed E-state index contributed by atoms with van der Waals surface area (Å²) in [5.74, 6) is -0.670. The predicted molar refractivity (Wildman–Crippen MR) is 125 cm³/mol. The van der Waals surface area contributed by atoms with Crippen molar-refractivity contribution in [3.05, 3.63) is 59.7 Å². The molecule has 3 N–H and O–H groups in total. The third kappa shape index (κ3) is 7.44. The van der Waals surface area contributed by atoms with Gasteiger partial charge in [0.05, 0.1) is 10.9 Å². The summed E-state index contributed by atoms with van der Waals surface area (Å²) in [6.07, 6.45) is 0. The number of nitrogens with zero attached hydrogens (tertiary/aromatic N) is 1. The van der Waals surface area contributed by atoms with Crippen molar-refractivity contribution in [2.45, 2.75) is 57.8 Å². The molecule has 0 spiro atoms. The van der Waals surface area contributed by atoms with Crippen LogP contribution < -0.4 is 15.4 Å². The lowest BCUT2D eigenvalue weighted by Gasteiger charge is -2.23. The maximum Gasteiger partial charge on any atom is 0.241 e. The Hall–Kier alpha value is -2.75. The van der Waals surface area contributed by atoms with E-state index >= 15 is 0 Å². The van der Waals surface area contributed by atoms with E-state index in [4.69, 9.17) is 0 Å². The van der Waals surface area contributed by atoms with E-state index in [-0.39, 0.29) is 10.8 Å². The first-order valence-corrected chi connectivity index (χ1v) is 11.9. The lowest BCUT2D eigenvalue weighted by molar-refractivity contribution is -0.122. The number of carbonyl (C=O) groups excluding carboxylic acids is 2. The first-order valence-electron chi connectivity index (χ1n) is 10.4. The van der Waals surface area contributed by atoms with Crippen LogP contribution in [0.4, 0.5) is 5.69 Å². The van der Waals surface area contributed by atoms with Crippen molar-refractivity contribution in [3.63, 3.8) is 0 Å². The Kier molecular flexibility index (Phi) is 8.94. The number of carbonyl (C=O) groups is 2. The molecule has 0 saturated heterocycles. The molecule has 2 amide bonds. The molecular formula is C23H32N4O4S. The summed E-state index contributed by atoms with van der Waals surface area (Å²) < 4.78 is 27.6. The topological polar surface area (TPSA) is 108 Å². The average molecular weight is 461 g/mol. The molecule has 174 valence electrons. The van der Waals surface area contributed by atoms with E-state index in [0.29, 0.717) is 18.3 Å². The summed E-state index contributed by atoms with van der Waals surface area (Å²) in [4.78, 5) is 25.9. The molecule has 2 aromatic rings. The van der Waals surface area contributed by atoms with Gasteiger partial charge in [0, 0.05) is 31.7 Å². The van der Waals surface area contributed by atoms with Gasteiger partial charge in [-0.25, -0.2) is 8.42 Å². The molecule has 0 unspecified atom stereocenters. The van der Waals surface area contributed by atoms with Crippen molar-refractivity contribution in [2.24, 2.45) is 0 Å². The fourth-order valence-electron chi connectivity index (χ4n) is 2.95. The Morgan fingerprint density at radius 1 is 0.969 bits per heavy atom. The monoisotopic (exact) mass is 460 g/mol. The molecule has 8 nitrogen and oxygen atoms in total. The largest absolute Gasteiger partial charge is 0.351 e. The fourth-order valence-corrected chi connectivity index (χ4v) is 4.15. The van der Waals surface area contributed by atoms with Crippen LogP contribution in [0.1, 0.15) is 38.8 Å². The summed E-state index contributed by atoms with van der Waals surface area (Å²) in [7, 11) is -1.86. The van der Waals surface area contributed by atoms with E-state index in [2.05, 4.69) is 34.1 Å². The minimum absolute atomic E-state index is 0.00770. The predicted octanol–water partition coefficient (Wildman–Crippen LogP) is 2.47. The van der Waals surface area contributed by atoms with Crippen molar-refractivity contribution in [1.29, 1.82) is 0 Å². The highest BCUT2D eigenvalue weighted by atomic mass is 32.2. The van der Waals surface area contributed by atoms with Gasteiger partial charge in [-0.3, -0.25) is 14.5 Å². The van der Waals surface area contributed by atoms with Crippen molar-refractivity contribution in [1.82, 2.24) is 14.9 Å². The fraction of sp³-hybridized carbons (Fsp3) is 0.391. The van der Waals surface area contributed by atoms with Gasteiger partial charge in [0.15, 0.2) is 0 Å². The number of benzene rings is 2. The second kappa shape index (κ2) is 11.2. The Morgan fingerprint density at radius 2 is 1.56 bits per heavy atom. The molecular weight excluding hydrogens is 428 g/mol. The van der Waals surface area contributed by atoms with E-state index in [1.807, 2.05) is 31.3 Å². The zero-order valence-corrected chi connectivity index (χ0v) is 20.0. The summed E-state index contributed by atoms with van der Waals surface area (Å²) in [5.41, 5.74) is 2.58. The lowest BCUT2D eigenvalue weighted by atomic mass is 10.1. The van der Waals surface area contributed by atoms with Gasteiger partial charge in [0.2, 0.25) is 21.8 Å². The van der Waals surface area contributed by atoms with Crippen LogP contribution >= 0.6 is 0 Å². The first-order chi connectivity index (χ1) is 15.0. The van der Waals surface area contributed by atoms with Crippen molar-refractivity contribution >= 4 is 27.5 Å². The Morgan fingerprint density at radius 3 is 2.12 bits per heavy atom. The molecule has 0 heterocycles. The third-order valence-corrected chi connectivity index (χ3v) is 6.64. The molecule has 0 aromatic heterocycles. The quantitative estimate of drug-likeness (QED) is 0.505. The molecule has 1 atom stereocenters. The van der Waals surface area contributed by atoms with Crippen LogP contribution in [-0.4, -0.2) is 44.3 Å². The molecule has 2 rings (SSSR count). The maximum atomic E-state index is 12.6. The van der Waals surface area contributed by atoms with Crippen molar-refractivity contribution < 1.29 is 18.0 Å². The van der Waals surface area contributed by atoms with Gasteiger partial charge in [-0.1, -0.05) is 24.3 Å². The molecule has 0 fully saturated rings. The smallest absolute Gasteiger partial charge is 0.241 e. The number of hydrogen-bond acceptors (Lipinski definition) is 5. The Balaban J connectivity index is 1.99. The SMILES string of the molecule is CC(=O)Nc1ccc(S(=O)(=O)N[C@@H](C)C(=O)NCc2ccccc2CN(C)C(C)C)cc1. The lowest BCUT2D eigenvalue weighted by Crippen LogP contribution is -2.44. The number of anilines is 1. The van der Waals surface area contributed by atoms with E-state index < -0.39 is 22.0 Å². The van der Waals surface area contributed by atoms with Crippen LogP contribution in [0, 0.1) is 0 Å². The van der Waals surface area contributed by atoms with Gasteiger partial charge in [-0.2, -0.15) is 4.72 Å². The number of rotatable bonds is 10. The Bertz CT molecular complexity index is 1040. The van der Waals surface area contributed by atoms with Gasteiger partial charge < -0.3 is 10.6 Å². The Labute approximate surface area is 190 Å². The van der Waals surface area contributed by atoms with Gasteiger partial charge in [-0.05, 0) is 63.2 Å². The van der Waals surface area contributed by atoms with E-state index in [1.54, 1.807) is 0 Å². The average Bonchev–Trinajstić information content (AvgIpc) is 2.72. The molecule has 9 heteroatoms. The van der Waals surface area contributed by atoms with Crippen LogP contribution in [0.3, 0.4) is 0 Å². The zero-order valence-electron chi connectivity index (χ0n) is 19.2. The van der Waals surface area contributed by atoms with Crippen LogP contribution in [-0.2, 0) is 32.7 Å². The van der Waals surface area contributed by atoms with Crippen LogP contribution in [0.5, 0.6) is 0 Å². The summed E-state index contributed by atoms with van der Waals surface area (Å²) in [5, 5.41) is 5.39. The normalized spacial score (nSPS) is 12.6. The molecule has 32 heavy (non-hydrogen) atoms. The van der Waals surface area contributed by atoms with Crippen LogP contribution in [0.15, 0.2) is 53.4 Å². The summed E-state index contributed by atoms with van der Waals surface area (Å²) in [6.45, 7) is 8.15. The molecule has 0 bridgehead atoms. The van der Waals surface area contributed by atoms with Gasteiger partial charge in [-0.15, -0.1) is 0 Å². The highest BCUT2D eigenvalue weighted by Gasteiger charge is 2.22. The molecule has 0 saturated carbocycles. The minimum atomic E-state index is -3.90. The summed E-state index contributed by atoms with van der Waals surface area (Å²) in [6, 6.07) is 13.0. The highest BCUT2D eigenvalue weighted by Crippen LogP contribution is 2.15. The molecule has 0 aliphatic rings. The molecule has 0 aliphatic carbocycles. The number of amides is 2. The second-order valence-corrected chi connectivity index (χ2v) is 9.76. The van der Waals surface area contributed by atoms with Gasteiger partial charge in [0.25, 0.3) is 0 Å². The number of nitrogens with one attached hydrogen (secondary N) is 3.